The maximum absolute atomic E-state index is 16.2. The first-order valence-electron chi connectivity index (χ1n) is 12.2. The summed E-state index contributed by atoms with van der Waals surface area (Å²) in [6.07, 6.45) is 3.59. The van der Waals surface area contributed by atoms with E-state index in [1.54, 1.807) is 25.3 Å². The Labute approximate surface area is 206 Å². The molecule has 0 amide bonds. The van der Waals surface area contributed by atoms with E-state index in [2.05, 4.69) is 10.2 Å². The summed E-state index contributed by atoms with van der Waals surface area (Å²) in [6, 6.07) is 6.82. The van der Waals surface area contributed by atoms with Crippen LogP contribution in [0, 0.1) is 18.6 Å². The highest BCUT2D eigenvalue weighted by molar-refractivity contribution is 6.00. The molecule has 2 fully saturated rings. The highest BCUT2D eigenvalue weighted by Gasteiger charge is 2.53. The lowest BCUT2D eigenvalue weighted by atomic mass is 9.66. The molecule has 2 aromatic heterocycles. The van der Waals surface area contributed by atoms with Gasteiger partial charge in [0.05, 0.1) is 11.7 Å². The highest BCUT2D eigenvalue weighted by atomic mass is 19.1. The molecule has 2 aliphatic rings. The van der Waals surface area contributed by atoms with Crippen LogP contribution >= 0.6 is 0 Å². The number of carboxylic acids is 1. The number of benzene rings is 2. The molecule has 0 bridgehead atoms. The molecule has 7 nitrogen and oxygen atoms in total. The number of halogens is 2. The number of nitrogens with zero attached hydrogens (tertiary/aromatic N) is 2. The largest absolute Gasteiger partial charge is 0.479 e. The molecule has 0 atom stereocenters. The van der Waals surface area contributed by atoms with Gasteiger partial charge in [0.1, 0.15) is 11.3 Å². The number of aliphatic carboxylic acids is 1. The molecule has 6 rings (SSSR count). The third-order valence-electron chi connectivity index (χ3n) is 8.03. The molecule has 188 valence electrons. The van der Waals surface area contributed by atoms with Crippen LogP contribution in [0.4, 0.5) is 8.78 Å². The molecule has 2 N–H and O–H groups in total. The number of fused-ring (bicyclic) bond motifs is 2. The first kappa shape index (κ1) is 23.1. The van der Waals surface area contributed by atoms with E-state index in [0.717, 1.165) is 29.8 Å². The van der Waals surface area contributed by atoms with Crippen molar-refractivity contribution in [2.75, 3.05) is 20.3 Å². The molecule has 1 saturated carbocycles. The zero-order valence-electron chi connectivity index (χ0n) is 20.1. The second kappa shape index (κ2) is 8.38. The second-order valence-corrected chi connectivity index (χ2v) is 9.98. The van der Waals surface area contributed by atoms with Crippen molar-refractivity contribution in [3.8, 4) is 5.69 Å². The minimum atomic E-state index is -1.28. The zero-order valence-corrected chi connectivity index (χ0v) is 20.1. The quantitative estimate of drug-likeness (QED) is 0.390. The van der Waals surface area contributed by atoms with E-state index < -0.39 is 17.4 Å². The molecule has 0 spiro atoms. The number of hydrogen-bond donors (Lipinski definition) is 2. The van der Waals surface area contributed by atoms with Gasteiger partial charge in [-0.3, -0.25) is 5.10 Å². The Bertz CT molecular complexity index is 1500. The number of nitrogens with one attached hydrogen (secondary N) is 1. The monoisotopic (exact) mass is 495 g/mol. The first-order valence-corrected chi connectivity index (χ1v) is 12.2. The molecular weight excluding hydrogens is 468 g/mol. The molecule has 3 heterocycles. The van der Waals surface area contributed by atoms with Crippen molar-refractivity contribution in [2.24, 2.45) is 0 Å². The van der Waals surface area contributed by atoms with Crippen molar-refractivity contribution in [1.82, 2.24) is 14.8 Å². The molecule has 1 saturated heterocycles. The van der Waals surface area contributed by atoms with Gasteiger partial charge in [0, 0.05) is 48.4 Å². The van der Waals surface area contributed by atoms with Gasteiger partial charge in [-0.1, -0.05) is 0 Å². The van der Waals surface area contributed by atoms with Gasteiger partial charge in [0.25, 0.3) is 0 Å². The van der Waals surface area contributed by atoms with Crippen LogP contribution in [0.5, 0.6) is 0 Å². The number of hydrogen-bond acceptors (Lipinski definition) is 4. The van der Waals surface area contributed by atoms with E-state index in [1.165, 1.54) is 13.2 Å². The van der Waals surface area contributed by atoms with Gasteiger partial charge in [-0.15, -0.1) is 0 Å². The topological polar surface area (TPSA) is 89.4 Å². The SMILES string of the molecule is CO[C@]1(C(=O)O)C[C@H](c2c(C3CCOCC3)n(-c3ccc(F)c(C)c3)c3cc4cn[nH]c4c(F)c32)C1. The number of rotatable bonds is 5. The lowest BCUT2D eigenvalue weighted by molar-refractivity contribution is -0.175. The summed E-state index contributed by atoms with van der Waals surface area (Å²) in [4.78, 5) is 12.0. The van der Waals surface area contributed by atoms with E-state index in [0.29, 0.717) is 40.6 Å². The summed E-state index contributed by atoms with van der Waals surface area (Å²) >= 11 is 0. The predicted molar refractivity (Wildman–Crippen MR) is 130 cm³/mol. The molecule has 1 aliphatic carbocycles. The third-order valence-corrected chi connectivity index (χ3v) is 8.03. The average Bonchev–Trinajstić information content (AvgIpc) is 3.45. The lowest BCUT2D eigenvalue weighted by Gasteiger charge is -2.44. The van der Waals surface area contributed by atoms with Crippen LogP contribution in [0.15, 0.2) is 30.5 Å². The molecule has 9 heteroatoms. The molecule has 4 aromatic rings. The van der Waals surface area contributed by atoms with Gasteiger partial charge in [-0.25, -0.2) is 13.6 Å². The fraction of sp³-hybridized carbons (Fsp3) is 0.407. The molecule has 36 heavy (non-hydrogen) atoms. The third kappa shape index (κ3) is 3.29. The van der Waals surface area contributed by atoms with Crippen LogP contribution in [0.2, 0.25) is 0 Å². The van der Waals surface area contributed by atoms with Gasteiger partial charge >= 0.3 is 5.97 Å². The van der Waals surface area contributed by atoms with Gasteiger partial charge < -0.3 is 19.1 Å². The summed E-state index contributed by atoms with van der Waals surface area (Å²) in [7, 11) is 1.41. The van der Waals surface area contributed by atoms with Crippen molar-refractivity contribution in [3.05, 3.63) is 58.9 Å². The van der Waals surface area contributed by atoms with Crippen molar-refractivity contribution in [1.29, 1.82) is 0 Å². The minimum absolute atomic E-state index is 0.0738. The van der Waals surface area contributed by atoms with E-state index in [9.17, 15) is 14.3 Å². The molecule has 1 aliphatic heterocycles. The zero-order chi connectivity index (χ0) is 25.2. The summed E-state index contributed by atoms with van der Waals surface area (Å²) in [5.74, 6) is -1.87. The van der Waals surface area contributed by atoms with E-state index in [4.69, 9.17) is 9.47 Å². The van der Waals surface area contributed by atoms with Crippen LogP contribution < -0.4 is 0 Å². The van der Waals surface area contributed by atoms with Gasteiger partial charge in [0.15, 0.2) is 11.4 Å². The maximum Gasteiger partial charge on any atom is 0.335 e. The van der Waals surface area contributed by atoms with Crippen molar-refractivity contribution >= 4 is 27.8 Å². The fourth-order valence-corrected chi connectivity index (χ4v) is 6.05. The number of ether oxygens (including phenoxy) is 2. The number of aromatic nitrogens is 3. The van der Waals surface area contributed by atoms with Gasteiger partial charge in [-0.2, -0.15) is 5.10 Å². The molecular formula is C27H27F2N3O4. The smallest absolute Gasteiger partial charge is 0.335 e. The van der Waals surface area contributed by atoms with Crippen molar-refractivity contribution < 1.29 is 28.2 Å². The second-order valence-electron chi connectivity index (χ2n) is 9.98. The Kier molecular flexibility index (Phi) is 5.38. The van der Waals surface area contributed by atoms with Gasteiger partial charge in [0.2, 0.25) is 0 Å². The van der Waals surface area contributed by atoms with Gasteiger partial charge in [-0.05, 0) is 73.9 Å². The first-order chi connectivity index (χ1) is 17.3. The number of aryl methyl sites for hydroxylation is 1. The van der Waals surface area contributed by atoms with E-state index in [-0.39, 0.29) is 30.5 Å². The van der Waals surface area contributed by atoms with Crippen LogP contribution in [-0.2, 0) is 14.3 Å². The summed E-state index contributed by atoms with van der Waals surface area (Å²) in [5, 5.41) is 17.7. The van der Waals surface area contributed by atoms with E-state index >= 15 is 4.39 Å². The van der Waals surface area contributed by atoms with E-state index in [1.807, 2.05) is 10.6 Å². The predicted octanol–water partition coefficient (Wildman–Crippen LogP) is 5.33. The molecule has 0 unspecified atom stereocenters. The Hall–Kier alpha value is -3.30. The minimum Gasteiger partial charge on any atom is -0.479 e. The standard InChI is InChI=1S/C27H27F2N3O4/c1-14-9-18(3-4-19(14)28)32-20-10-16-13-30-31-24(16)23(29)22(20)21(25(32)15-5-7-36-8-6-15)17-11-27(12-17,35-2)26(33)34/h3-4,9-10,13,15,17H,5-8,11-12H2,1-2H3,(H,30,31)(H,33,34)/t17-,27+. The normalized spacial score (nSPS) is 22.8. The summed E-state index contributed by atoms with van der Waals surface area (Å²) < 4.78 is 43.5. The van der Waals surface area contributed by atoms with Crippen LogP contribution in [-0.4, -0.2) is 51.8 Å². The van der Waals surface area contributed by atoms with Crippen LogP contribution in [0.3, 0.4) is 0 Å². The lowest BCUT2D eigenvalue weighted by Crippen LogP contribution is -2.51. The Morgan fingerprint density at radius 2 is 1.97 bits per heavy atom. The Balaban J connectivity index is 1.68. The number of H-pyrrole nitrogens is 1. The number of aromatic amines is 1. The number of carboxylic acid groups (broad SMARTS) is 1. The van der Waals surface area contributed by atoms with Crippen LogP contribution in [0.1, 0.15) is 54.3 Å². The number of methoxy groups -OCH3 is 1. The maximum atomic E-state index is 16.2. The van der Waals surface area contributed by atoms with Crippen molar-refractivity contribution in [2.45, 2.75) is 50.0 Å². The average molecular weight is 496 g/mol. The van der Waals surface area contributed by atoms with Crippen molar-refractivity contribution in [3.63, 3.8) is 0 Å². The summed E-state index contributed by atoms with van der Waals surface area (Å²) in [6.45, 7) is 2.88. The summed E-state index contributed by atoms with van der Waals surface area (Å²) in [5.41, 5.74) is 2.67. The molecule has 2 aromatic carbocycles. The Morgan fingerprint density at radius 3 is 2.64 bits per heavy atom. The number of carbonyl (C=O) groups is 1. The fourth-order valence-electron chi connectivity index (χ4n) is 6.05. The Morgan fingerprint density at radius 1 is 1.22 bits per heavy atom. The van der Waals surface area contributed by atoms with Crippen LogP contribution in [0.25, 0.3) is 27.5 Å². The highest BCUT2D eigenvalue weighted by Crippen LogP contribution is 2.53. The molecule has 0 radical (unpaired) electrons.